The number of benzene rings is 1. The van der Waals surface area contributed by atoms with Crippen molar-refractivity contribution in [3.8, 4) is 0 Å². The number of methoxy groups -OCH3 is 1. The Bertz CT molecular complexity index is 795. The first-order valence-corrected chi connectivity index (χ1v) is 9.98. The summed E-state index contributed by atoms with van der Waals surface area (Å²) in [7, 11) is 1.22. The fraction of sp³-hybridized carbons (Fsp3) is 0.545. The van der Waals surface area contributed by atoms with Gasteiger partial charge in [-0.3, -0.25) is 14.4 Å². The quantitative estimate of drug-likeness (QED) is 0.398. The van der Waals surface area contributed by atoms with Crippen LogP contribution >= 0.6 is 0 Å². The second-order valence-electron chi connectivity index (χ2n) is 7.88. The smallest absolute Gasteiger partial charge is 0.332 e. The molecule has 0 amide bonds. The minimum Gasteiger partial charge on any atom is -0.469 e. The van der Waals surface area contributed by atoms with Crippen LogP contribution in [0, 0.1) is 11.3 Å². The highest BCUT2D eigenvalue weighted by Crippen LogP contribution is 2.45. The molecule has 164 valence electrons. The largest absolute Gasteiger partial charge is 0.469 e. The van der Waals surface area contributed by atoms with Crippen LogP contribution in [0.5, 0.6) is 0 Å². The molecule has 0 aliphatic carbocycles. The van der Waals surface area contributed by atoms with E-state index in [0.717, 1.165) is 0 Å². The number of aliphatic imine (C=N–C) groups is 1. The summed E-state index contributed by atoms with van der Waals surface area (Å²) < 4.78 is 15.6. The van der Waals surface area contributed by atoms with Crippen LogP contribution in [0.4, 0.5) is 5.69 Å². The third kappa shape index (κ3) is 4.17. The van der Waals surface area contributed by atoms with E-state index in [4.69, 9.17) is 14.2 Å². The predicted octanol–water partition coefficient (Wildman–Crippen LogP) is 2.73. The van der Waals surface area contributed by atoms with Gasteiger partial charge in [0, 0.05) is 12.1 Å². The van der Waals surface area contributed by atoms with E-state index in [2.05, 4.69) is 4.99 Å². The van der Waals surface area contributed by atoms with Gasteiger partial charge in [-0.25, -0.2) is 4.99 Å². The number of carbonyl (C=O) groups excluding carboxylic acids is 3. The molecule has 2 rings (SSSR count). The molecule has 1 saturated heterocycles. The van der Waals surface area contributed by atoms with Crippen molar-refractivity contribution in [1.29, 1.82) is 0 Å². The molecule has 1 atom stereocenters. The Morgan fingerprint density at radius 2 is 1.60 bits per heavy atom. The van der Waals surface area contributed by atoms with Crippen molar-refractivity contribution in [2.24, 2.45) is 16.3 Å². The van der Waals surface area contributed by atoms with Gasteiger partial charge in [-0.2, -0.15) is 0 Å². The van der Waals surface area contributed by atoms with Gasteiger partial charge in [-0.1, -0.05) is 18.2 Å². The first-order chi connectivity index (χ1) is 14.1. The first kappa shape index (κ1) is 23.4. The van der Waals surface area contributed by atoms with Crippen LogP contribution in [0.3, 0.4) is 0 Å². The van der Waals surface area contributed by atoms with Crippen LogP contribution in [0.2, 0.25) is 0 Å². The van der Waals surface area contributed by atoms with Crippen molar-refractivity contribution in [2.45, 2.75) is 40.2 Å². The van der Waals surface area contributed by atoms with Crippen LogP contribution in [-0.4, -0.2) is 61.1 Å². The van der Waals surface area contributed by atoms with Crippen molar-refractivity contribution >= 4 is 29.4 Å². The lowest BCUT2D eigenvalue weighted by atomic mass is 9.76. The van der Waals surface area contributed by atoms with Gasteiger partial charge in [-0.05, 0) is 46.8 Å². The van der Waals surface area contributed by atoms with Crippen molar-refractivity contribution in [3.05, 3.63) is 30.3 Å². The zero-order valence-electron chi connectivity index (χ0n) is 18.4. The Kier molecular flexibility index (Phi) is 7.23. The molecular weight excluding hydrogens is 388 g/mol. The molecule has 0 bridgehead atoms. The summed E-state index contributed by atoms with van der Waals surface area (Å²) >= 11 is 0. The molecule has 30 heavy (non-hydrogen) atoms. The standard InChI is InChI=1S/C22H30N2O6/c1-7-29-19(26)22(20(27)30-8-2)16(17(25)28-6)14-24(21(3,4)5)18(22)23-15-12-10-9-11-13-15/h9-13,16H,7-8,14H2,1-6H3. The fourth-order valence-corrected chi connectivity index (χ4v) is 3.57. The molecule has 0 spiro atoms. The average Bonchev–Trinajstić information content (AvgIpc) is 3.04. The minimum atomic E-state index is -2.07. The molecule has 0 saturated carbocycles. The van der Waals surface area contributed by atoms with Crippen molar-refractivity contribution < 1.29 is 28.6 Å². The maximum absolute atomic E-state index is 13.3. The van der Waals surface area contributed by atoms with E-state index in [9.17, 15) is 14.4 Å². The number of hydrogen-bond acceptors (Lipinski definition) is 7. The molecule has 1 heterocycles. The summed E-state index contributed by atoms with van der Waals surface area (Å²) in [5.41, 5.74) is -2.09. The van der Waals surface area contributed by atoms with Gasteiger partial charge in [-0.15, -0.1) is 0 Å². The Balaban J connectivity index is 2.87. The second-order valence-corrected chi connectivity index (χ2v) is 7.88. The normalized spacial score (nSPS) is 19.5. The maximum Gasteiger partial charge on any atom is 0.332 e. The molecule has 8 heteroatoms. The highest BCUT2D eigenvalue weighted by Gasteiger charge is 2.69. The van der Waals surface area contributed by atoms with E-state index < -0.39 is 34.8 Å². The van der Waals surface area contributed by atoms with E-state index in [1.807, 2.05) is 26.8 Å². The van der Waals surface area contributed by atoms with E-state index in [1.54, 1.807) is 43.0 Å². The Morgan fingerprint density at radius 3 is 2.03 bits per heavy atom. The molecule has 1 unspecified atom stereocenters. The van der Waals surface area contributed by atoms with Crippen LogP contribution in [0.15, 0.2) is 35.3 Å². The third-order valence-corrected chi connectivity index (χ3v) is 4.98. The number of esters is 3. The maximum atomic E-state index is 13.3. The summed E-state index contributed by atoms with van der Waals surface area (Å²) in [6.45, 7) is 9.11. The number of para-hydroxylation sites is 1. The summed E-state index contributed by atoms with van der Waals surface area (Å²) in [4.78, 5) is 45.9. The van der Waals surface area contributed by atoms with Gasteiger partial charge >= 0.3 is 17.9 Å². The SMILES string of the molecule is CCOC(=O)C1(C(=O)OCC)C(=Nc2ccccc2)N(C(C)(C)C)CC1C(=O)OC. The molecule has 1 fully saturated rings. The highest BCUT2D eigenvalue weighted by atomic mass is 16.6. The van der Waals surface area contributed by atoms with Gasteiger partial charge < -0.3 is 19.1 Å². The Morgan fingerprint density at radius 1 is 1.07 bits per heavy atom. The first-order valence-electron chi connectivity index (χ1n) is 9.98. The molecular formula is C22H30N2O6. The van der Waals surface area contributed by atoms with Crippen LogP contribution < -0.4 is 0 Å². The topological polar surface area (TPSA) is 94.5 Å². The van der Waals surface area contributed by atoms with Crippen molar-refractivity contribution in [3.63, 3.8) is 0 Å². The van der Waals surface area contributed by atoms with Crippen LogP contribution in [0.25, 0.3) is 0 Å². The lowest BCUT2D eigenvalue weighted by Gasteiger charge is -2.36. The summed E-state index contributed by atoms with van der Waals surface area (Å²) in [6, 6.07) is 8.93. The zero-order valence-corrected chi connectivity index (χ0v) is 18.4. The number of amidine groups is 1. The molecule has 1 aliphatic rings. The summed E-state index contributed by atoms with van der Waals surface area (Å²) in [5, 5.41) is 0. The van der Waals surface area contributed by atoms with Crippen molar-refractivity contribution in [2.75, 3.05) is 26.9 Å². The Labute approximate surface area is 177 Å². The molecule has 1 aromatic carbocycles. The second kappa shape index (κ2) is 9.28. The lowest BCUT2D eigenvalue weighted by molar-refractivity contribution is -0.174. The molecule has 0 radical (unpaired) electrons. The lowest BCUT2D eigenvalue weighted by Crippen LogP contribution is -2.55. The number of rotatable bonds is 6. The summed E-state index contributed by atoms with van der Waals surface area (Å²) in [5.74, 6) is -3.50. The number of nitrogens with zero attached hydrogens (tertiary/aromatic N) is 2. The molecule has 8 nitrogen and oxygen atoms in total. The van der Waals surface area contributed by atoms with Crippen molar-refractivity contribution in [1.82, 2.24) is 4.90 Å². The third-order valence-electron chi connectivity index (χ3n) is 4.98. The number of hydrogen-bond donors (Lipinski definition) is 0. The zero-order chi connectivity index (χ0) is 22.5. The van der Waals surface area contributed by atoms with Gasteiger partial charge in [0.2, 0.25) is 5.41 Å². The van der Waals surface area contributed by atoms with E-state index in [1.165, 1.54) is 7.11 Å². The molecule has 0 aromatic heterocycles. The predicted molar refractivity (Wildman–Crippen MR) is 111 cm³/mol. The number of ether oxygens (including phenoxy) is 3. The monoisotopic (exact) mass is 418 g/mol. The minimum absolute atomic E-state index is 0.0298. The van der Waals surface area contributed by atoms with E-state index in [-0.39, 0.29) is 25.6 Å². The van der Waals surface area contributed by atoms with Gasteiger partial charge in [0.15, 0.2) is 0 Å². The highest BCUT2D eigenvalue weighted by molar-refractivity contribution is 6.25. The average molecular weight is 418 g/mol. The summed E-state index contributed by atoms with van der Waals surface area (Å²) in [6.07, 6.45) is 0. The molecule has 1 aliphatic heterocycles. The number of likely N-dealkylation sites (tertiary alicyclic amines) is 1. The number of carbonyl (C=O) groups is 3. The van der Waals surface area contributed by atoms with Gasteiger partial charge in [0.1, 0.15) is 11.8 Å². The van der Waals surface area contributed by atoms with Gasteiger partial charge in [0.25, 0.3) is 0 Å². The molecule has 1 aromatic rings. The molecule has 0 N–H and O–H groups in total. The van der Waals surface area contributed by atoms with Crippen LogP contribution in [-0.2, 0) is 28.6 Å². The van der Waals surface area contributed by atoms with E-state index >= 15 is 0 Å². The van der Waals surface area contributed by atoms with Crippen LogP contribution in [0.1, 0.15) is 34.6 Å². The Hall–Kier alpha value is -2.90. The van der Waals surface area contributed by atoms with E-state index in [0.29, 0.717) is 5.69 Å². The van der Waals surface area contributed by atoms with Gasteiger partial charge in [0.05, 0.1) is 26.0 Å². The fourth-order valence-electron chi connectivity index (χ4n) is 3.57.